The molecule has 3 aromatic rings. The number of benzene rings is 2. The second-order valence-electron chi connectivity index (χ2n) is 8.64. The van der Waals surface area contributed by atoms with Crippen LogP contribution in [0.5, 0.6) is 5.75 Å². The van der Waals surface area contributed by atoms with Gasteiger partial charge in [0, 0.05) is 29.2 Å². The number of hydrogen-bond donors (Lipinski definition) is 2. The molecule has 0 spiro atoms. The first-order chi connectivity index (χ1) is 18.5. The fraction of sp³-hybridized carbons (Fsp3) is 0.407. The molecule has 1 amide bonds. The monoisotopic (exact) mass is 540 g/mol. The van der Waals surface area contributed by atoms with Crippen LogP contribution in [-0.2, 0) is 14.3 Å². The van der Waals surface area contributed by atoms with Gasteiger partial charge in [0.05, 0.1) is 44.2 Å². The fourth-order valence-electron chi connectivity index (χ4n) is 4.21. The molecule has 0 aliphatic carbocycles. The van der Waals surface area contributed by atoms with E-state index in [1.54, 1.807) is 0 Å². The van der Waals surface area contributed by atoms with E-state index in [-0.39, 0.29) is 12.3 Å². The molecule has 202 valence electrons. The Labute approximate surface area is 227 Å². The average Bonchev–Trinajstić information content (AvgIpc) is 3.23. The minimum absolute atomic E-state index is 0.104. The van der Waals surface area contributed by atoms with Gasteiger partial charge >= 0.3 is 0 Å². The summed E-state index contributed by atoms with van der Waals surface area (Å²) in [6, 6.07) is 12.8. The molecule has 0 saturated heterocycles. The van der Waals surface area contributed by atoms with Crippen LogP contribution in [-0.4, -0.2) is 72.5 Å². The number of hydrogen-bond acceptors (Lipinski definition) is 8. The number of amides is 1. The van der Waals surface area contributed by atoms with Gasteiger partial charge in [-0.05, 0) is 44.2 Å². The van der Waals surface area contributed by atoms with E-state index in [2.05, 4.69) is 15.5 Å². The molecule has 2 heterocycles. The van der Waals surface area contributed by atoms with Crippen LogP contribution in [0.4, 0.5) is 0 Å². The Balaban J connectivity index is 1.65. The van der Waals surface area contributed by atoms with E-state index in [9.17, 15) is 4.79 Å². The molecule has 10 nitrogen and oxygen atoms in total. The maximum absolute atomic E-state index is 12.6. The second-order valence-corrected chi connectivity index (χ2v) is 9.08. The summed E-state index contributed by atoms with van der Waals surface area (Å²) in [5, 5.41) is 12.2. The summed E-state index contributed by atoms with van der Waals surface area (Å²) >= 11 is 6.17. The lowest BCUT2D eigenvalue weighted by atomic mass is 10.00. The van der Waals surface area contributed by atoms with Gasteiger partial charge in [-0.2, -0.15) is 0 Å². The van der Waals surface area contributed by atoms with Crippen molar-refractivity contribution in [2.75, 3.05) is 46.1 Å². The van der Waals surface area contributed by atoms with Crippen molar-refractivity contribution in [3.05, 3.63) is 70.3 Å². The predicted molar refractivity (Wildman–Crippen MR) is 145 cm³/mol. The molecule has 1 aliphatic rings. The van der Waals surface area contributed by atoms with Crippen molar-refractivity contribution >= 4 is 23.2 Å². The summed E-state index contributed by atoms with van der Waals surface area (Å²) in [7, 11) is 0. The standard InChI is InChI=1S/C27H33ClN6O4/c1-3-30-25(35)17-23-27-33-32-18(2)34(27)24-9-8-21(38-15-14-37-13-12-36-11-10-29)16-22(24)26(31-23)19-4-6-20(28)7-5-19/h4-9,16,23H,3,10-15,17,29H2,1-2H3,(H,30,35)/t23-/m0/s1. The van der Waals surface area contributed by atoms with Gasteiger partial charge in [-0.15, -0.1) is 10.2 Å². The Kier molecular flexibility index (Phi) is 9.83. The highest BCUT2D eigenvalue weighted by Gasteiger charge is 2.30. The van der Waals surface area contributed by atoms with Gasteiger partial charge in [-0.1, -0.05) is 23.7 Å². The van der Waals surface area contributed by atoms with E-state index in [4.69, 9.17) is 36.5 Å². The van der Waals surface area contributed by atoms with Gasteiger partial charge in [0.25, 0.3) is 0 Å². The van der Waals surface area contributed by atoms with E-state index in [0.717, 1.165) is 22.5 Å². The van der Waals surface area contributed by atoms with Gasteiger partial charge in [0.15, 0.2) is 5.82 Å². The highest BCUT2D eigenvalue weighted by molar-refractivity contribution is 6.30. The first-order valence-electron chi connectivity index (χ1n) is 12.7. The summed E-state index contributed by atoms with van der Waals surface area (Å²) in [4.78, 5) is 17.7. The minimum atomic E-state index is -0.528. The SMILES string of the molecule is CCNC(=O)C[C@@H]1N=C(c2ccc(Cl)cc2)c2cc(OCCOCCOCCN)ccc2-n2c(C)nnc21. The van der Waals surface area contributed by atoms with Crippen LogP contribution in [0.15, 0.2) is 47.5 Å². The van der Waals surface area contributed by atoms with Crippen molar-refractivity contribution in [1.82, 2.24) is 20.1 Å². The number of nitrogens with two attached hydrogens (primary N) is 1. The molecular formula is C27H33ClN6O4. The zero-order valence-corrected chi connectivity index (χ0v) is 22.4. The summed E-state index contributed by atoms with van der Waals surface area (Å²) in [6.07, 6.45) is 0.146. The van der Waals surface area contributed by atoms with Gasteiger partial charge in [-0.3, -0.25) is 14.4 Å². The highest BCUT2D eigenvalue weighted by atomic mass is 35.5. The number of rotatable bonds is 13. The fourth-order valence-corrected chi connectivity index (χ4v) is 4.33. The van der Waals surface area contributed by atoms with Crippen molar-refractivity contribution in [2.24, 2.45) is 10.7 Å². The molecular weight excluding hydrogens is 508 g/mol. The number of fused-ring (bicyclic) bond motifs is 3. The van der Waals surface area contributed by atoms with Crippen LogP contribution >= 0.6 is 11.6 Å². The third-order valence-corrected chi connectivity index (χ3v) is 6.15. The summed E-state index contributed by atoms with van der Waals surface area (Å²) in [5.74, 6) is 1.88. The molecule has 0 fully saturated rings. The lowest BCUT2D eigenvalue weighted by Gasteiger charge is -2.15. The number of ether oxygens (including phenoxy) is 3. The van der Waals surface area contributed by atoms with E-state index < -0.39 is 6.04 Å². The quantitative estimate of drug-likeness (QED) is 0.319. The molecule has 0 radical (unpaired) electrons. The minimum Gasteiger partial charge on any atom is -0.491 e. The average molecular weight is 541 g/mol. The summed E-state index contributed by atoms with van der Waals surface area (Å²) < 4.78 is 18.8. The predicted octanol–water partition coefficient (Wildman–Crippen LogP) is 3.02. The number of carbonyl (C=O) groups excluding carboxylic acids is 1. The van der Waals surface area contributed by atoms with Gasteiger partial charge in [0.2, 0.25) is 5.91 Å². The molecule has 3 N–H and O–H groups in total. The lowest BCUT2D eigenvalue weighted by Crippen LogP contribution is -2.25. The topological polar surface area (TPSA) is 126 Å². The van der Waals surface area contributed by atoms with E-state index in [1.165, 1.54) is 0 Å². The van der Waals surface area contributed by atoms with Crippen LogP contribution in [0.2, 0.25) is 5.02 Å². The molecule has 0 unspecified atom stereocenters. The Morgan fingerprint density at radius 3 is 2.53 bits per heavy atom. The largest absolute Gasteiger partial charge is 0.491 e. The van der Waals surface area contributed by atoms with Crippen LogP contribution in [0, 0.1) is 6.92 Å². The highest BCUT2D eigenvalue weighted by Crippen LogP contribution is 2.34. The van der Waals surface area contributed by atoms with Gasteiger partial charge in [-0.25, -0.2) is 0 Å². The van der Waals surface area contributed by atoms with E-state index in [0.29, 0.717) is 68.5 Å². The molecule has 0 bridgehead atoms. The van der Waals surface area contributed by atoms with Crippen molar-refractivity contribution in [3.8, 4) is 11.4 Å². The lowest BCUT2D eigenvalue weighted by molar-refractivity contribution is -0.121. The molecule has 1 atom stereocenters. The van der Waals surface area contributed by atoms with E-state index >= 15 is 0 Å². The molecule has 2 aromatic carbocycles. The second kappa shape index (κ2) is 13.5. The van der Waals surface area contributed by atoms with Gasteiger partial charge in [0.1, 0.15) is 24.2 Å². The molecule has 0 saturated carbocycles. The Bertz CT molecular complexity index is 1260. The van der Waals surface area contributed by atoms with Crippen molar-refractivity contribution in [1.29, 1.82) is 0 Å². The zero-order chi connectivity index (χ0) is 26.9. The maximum Gasteiger partial charge on any atom is 0.222 e. The van der Waals surface area contributed by atoms with Crippen molar-refractivity contribution < 1.29 is 19.0 Å². The normalized spacial score (nSPS) is 14.3. The third kappa shape index (κ3) is 6.76. The summed E-state index contributed by atoms with van der Waals surface area (Å²) in [6.45, 7) is 7.09. The summed E-state index contributed by atoms with van der Waals surface area (Å²) in [5.41, 5.74) is 8.69. The first-order valence-corrected chi connectivity index (χ1v) is 13.0. The third-order valence-electron chi connectivity index (χ3n) is 5.90. The molecule has 11 heteroatoms. The maximum atomic E-state index is 12.6. The molecule has 1 aliphatic heterocycles. The number of halogens is 1. The van der Waals surface area contributed by atoms with Crippen LogP contribution < -0.4 is 15.8 Å². The smallest absolute Gasteiger partial charge is 0.222 e. The number of carbonyl (C=O) groups is 1. The van der Waals surface area contributed by atoms with Crippen LogP contribution in [0.1, 0.15) is 42.2 Å². The number of nitrogens with one attached hydrogen (secondary N) is 1. The Hall–Kier alpha value is -3.31. The number of aromatic nitrogens is 3. The number of nitrogens with zero attached hydrogens (tertiary/aromatic N) is 4. The van der Waals surface area contributed by atoms with Gasteiger partial charge < -0.3 is 25.3 Å². The molecule has 1 aromatic heterocycles. The van der Waals surface area contributed by atoms with E-state index in [1.807, 2.05) is 60.9 Å². The molecule has 38 heavy (non-hydrogen) atoms. The van der Waals surface area contributed by atoms with Crippen molar-refractivity contribution in [2.45, 2.75) is 26.3 Å². The van der Waals surface area contributed by atoms with Crippen LogP contribution in [0.25, 0.3) is 5.69 Å². The first kappa shape index (κ1) is 27.7. The Morgan fingerprint density at radius 2 is 1.79 bits per heavy atom. The molecule has 4 rings (SSSR count). The Morgan fingerprint density at radius 1 is 1.05 bits per heavy atom. The van der Waals surface area contributed by atoms with Crippen LogP contribution in [0.3, 0.4) is 0 Å². The zero-order valence-electron chi connectivity index (χ0n) is 21.7. The number of aryl methyl sites for hydroxylation is 1. The van der Waals surface area contributed by atoms with Crippen molar-refractivity contribution in [3.63, 3.8) is 0 Å². The number of aliphatic imine (C=N–C) groups is 1.